The highest BCUT2D eigenvalue weighted by molar-refractivity contribution is 9.10. The average molecular weight is 313 g/mol. The van der Waals surface area contributed by atoms with Crippen LogP contribution in [-0.4, -0.2) is 15.0 Å². The summed E-state index contributed by atoms with van der Waals surface area (Å²) in [5.41, 5.74) is 7.29. The van der Waals surface area contributed by atoms with E-state index in [1.807, 2.05) is 0 Å². The summed E-state index contributed by atoms with van der Waals surface area (Å²) < 4.78 is 15.5. The number of rotatable bonds is 4. The van der Waals surface area contributed by atoms with Crippen LogP contribution in [0, 0.1) is 5.82 Å². The van der Waals surface area contributed by atoms with E-state index >= 15 is 0 Å². The van der Waals surface area contributed by atoms with Crippen molar-refractivity contribution in [2.45, 2.75) is 25.8 Å². The van der Waals surface area contributed by atoms with Crippen LogP contribution in [0.5, 0.6) is 0 Å². The van der Waals surface area contributed by atoms with Crippen molar-refractivity contribution in [1.82, 2.24) is 15.0 Å². The van der Waals surface area contributed by atoms with Gasteiger partial charge in [-0.2, -0.15) is 0 Å². The van der Waals surface area contributed by atoms with Crippen molar-refractivity contribution in [3.05, 3.63) is 40.4 Å². The van der Waals surface area contributed by atoms with Crippen molar-refractivity contribution in [1.29, 1.82) is 0 Å². The van der Waals surface area contributed by atoms with Crippen molar-refractivity contribution in [2.75, 3.05) is 0 Å². The Balaban J connectivity index is 2.32. The van der Waals surface area contributed by atoms with E-state index in [9.17, 15) is 4.39 Å². The molecule has 0 bridgehead atoms. The van der Waals surface area contributed by atoms with Gasteiger partial charge in [0.15, 0.2) is 0 Å². The standard InChI is InChI=1S/C12H14BrFN4/c1-2-3-10(15)11-7-18(17-16-11)12-6-8(14)4-5-9(12)13/h4-7,10H,2-3,15H2,1H3. The minimum Gasteiger partial charge on any atom is -0.323 e. The van der Waals surface area contributed by atoms with Crippen LogP contribution in [0.25, 0.3) is 5.69 Å². The van der Waals surface area contributed by atoms with Crippen molar-refractivity contribution < 1.29 is 4.39 Å². The highest BCUT2D eigenvalue weighted by Crippen LogP contribution is 2.22. The molecule has 0 aliphatic rings. The molecule has 96 valence electrons. The van der Waals surface area contributed by atoms with Gasteiger partial charge in [0, 0.05) is 10.5 Å². The molecule has 2 aromatic rings. The smallest absolute Gasteiger partial charge is 0.125 e. The van der Waals surface area contributed by atoms with Crippen LogP contribution in [0.4, 0.5) is 4.39 Å². The van der Waals surface area contributed by atoms with Crippen molar-refractivity contribution in [3.8, 4) is 5.69 Å². The monoisotopic (exact) mass is 312 g/mol. The molecular weight excluding hydrogens is 299 g/mol. The number of hydrogen-bond donors (Lipinski definition) is 1. The molecule has 0 radical (unpaired) electrons. The first kappa shape index (κ1) is 13.2. The predicted octanol–water partition coefficient (Wildman–Crippen LogP) is 2.97. The summed E-state index contributed by atoms with van der Waals surface area (Å²) in [7, 11) is 0. The fourth-order valence-corrected chi connectivity index (χ4v) is 2.11. The average Bonchev–Trinajstić information content (AvgIpc) is 2.82. The summed E-state index contributed by atoms with van der Waals surface area (Å²) >= 11 is 3.36. The van der Waals surface area contributed by atoms with Crippen LogP contribution in [0.2, 0.25) is 0 Å². The maximum absolute atomic E-state index is 13.2. The second-order valence-corrected chi connectivity index (χ2v) is 4.93. The topological polar surface area (TPSA) is 56.7 Å². The summed E-state index contributed by atoms with van der Waals surface area (Å²) in [4.78, 5) is 0. The van der Waals surface area contributed by atoms with Gasteiger partial charge in [0.05, 0.1) is 23.6 Å². The molecule has 1 heterocycles. The Labute approximate surface area is 113 Å². The molecule has 0 spiro atoms. The van der Waals surface area contributed by atoms with Crippen LogP contribution >= 0.6 is 15.9 Å². The molecule has 1 unspecified atom stereocenters. The molecule has 6 heteroatoms. The van der Waals surface area contributed by atoms with Gasteiger partial charge >= 0.3 is 0 Å². The Bertz CT molecular complexity index is 541. The van der Waals surface area contributed by atoms with Crippen molar-refractivity contribution in [3.63, 3.8) is 0 Å². The summed E-state index contributed by atoms with van der Waals surface area (Å²) in [5.74, 6) is -0.317. The maximum Gasteiger partial charge on any atom is 0.125 e. The fraction of sp³-hybridized carbons (Fsp3) is 0.333. The lowest BCUT2D eigenvalue weighted by Crippen LogP contribution is -2.10. The van der Waals surface area contributed by atoms with Crippen LogP contribution in [0.3, 0.4) is 0 Å². The molecule has 0 saturated carbocycles. The highest BCUT2D eigenvalue weighted by Gasteiger charge is 2.12. The zero-order valence-electron chi connectivity index (χ0n) is 9.98. The normalized spacial score (nSPS) is 12.7. The number of hydrogen-bond acceptors (Lipinski definition) is 3. The van der Waals surface area contributed by atoms with Gasteiger partial charge in [-0.15, -0.1) is 5.10 Å². The van der Waals surface area contributed by atoms with Gasteiger partial charge in [-0.1, -0.05) is 18.6 Å². The summed E-state index contributed by atoms with van der Waals surface area (Å²) in [5, 5.41) is 8.01. The molecule has 0 saturated heterocycles. The first-order valence-corrected chi connectivity index (χ1v) is 6.54. The Morgan fingerprint density at radius 2 is 2.28 bits per heavy atom. The van der Waals surface area contributed by atoms with Crippen LogP contribution < -0.4 is 5.73 Å². The number of nitrogens with zero attached hydrogens (tertiary/aromatic N) is 3. The molecular formula is C12H14BrFN4. The lowest BCUT2D eigenvalue weighted by atomic mass is 10.1. The first-order valence-electron chi connectivity index (χ1n) is 5.75. The number of aromatic nitrogens is 3. The van der Waals surface area contributed by atoms with Gasteiger partial charge in [-0.25, -0.2) is 9.07 Å². The zero-order valence-corrected chi connectivity index (χ0v) is 11.6. The Morgan fingerprint density at radius 3 is 3.00 bits per heavy atom. The second kappa shape index (κ2) is 5.58. The lowest BCUT2D eigenvalue weighted by molar-refractivity contribution is 0.619. The zero-order chi connectivity index (χ0) is 13.1. The quantitative estimate of drug-likeness (QED) is 0.944. The summed E-state index contributed by atoms with van der Waals surface area (Å²) in [6.07, 6.45) is 3.57. The van der Waals surface area contributed by atoms with E-state index in [0.29, 0.717) is 11.4 Å². The van der Waals surface area contributed by atoms with E-state index in [0.717, 1.165) is 17.3 Å². The lowest BCUT2D eigenvalue weighted by Gasteiger charge is -2.05. The third-order valence-electron chi connectivity index (χ3n) is 2.65. The second-order valence-electron chi connectivity index (χ2n) is 4.08. The molecule has 4 nitrogen and oxygen atoms in total. The molecule has 0 aliphatic heterocycles. The van der Waals surface area contributed by atoms with Gasteiger partial charge in [0.1, 0.15) is 5.82 Å². The van der Waals surface area contributed by atoms with E-state index in [4.69, 9.17) is 5.73 Å². The minimum atomic E-state index is -0.317. The first-order chi connectivity index (χ1) is 8.61. The van der Waals surface area contributed by atoms with E-state index in [-0.39, 0.29) is 11.9 Å². The van der Waals surface area contributed by atoms with Gasteiger partial charge in [0.25, 0.3) is 0 Å². The van der Waals surface area contributed by atoms with Crippen LogP contribution in [-0.2, 0) is 0 Å². The highest BCUT2D eigenvalue weighted by atomic mass is 79.9. The third kappa shape index (κ3) is 2.76. The molecule has 0 amide bonds. The molecule has 0 aliphatic carbocycles. The molecule has 1 atom stereocenters. The molecule has 2 N–H and O–H groups in total. The van der Waals surface area contributed by atoms with Crippen molar-refractivity contribution in [2.24, 2.45) is 5.73 Å². The largest absolute Gasteiger partial charge is 0.323 e. The predicted molar refractivity (Wildman–Crippen MR) is 70.9 cm³/mol. The van der Waals surface area contributed by atoms with E-state index < -0.39 is 0 Å². The van der Waals surface area contributed by atoms with Crippen molar-refractivity contribution >= 4 is 15.9 Å². The van der Waals surface area contributed by atoms with E-state index in [2.05, 4.69) is 33.2 Å². The molecule has 0 fully saturated rings. The van der Waals surface area contributed by atoms with Gasteiger partial charge in [0.2, 0.25) is 0 Å². The number of benzene rings is 1. The Hall–Kier alpha value is -1.27. The Kier molecular flexibility index (Phi) is 4.08. The number of halogens is 2. The summed E-state index contributed by atoms with van der Waals surface area (Å²) in [6, 6.07) is 4.29. The molecule has 2 rings (SSSR count). The van der Waals surface area contributed by atoms with Crippen LogP contribution in [0.15, 0.2) is 28.9 Å². The molecule has 18 heavy (non-hydrogen) atoms. The van der Waals surface area contributed by atoms with Crippen LogP contribution in [0.1, 0.15) is 31.5 Å². The van der Waals surface area contributed by atoms with Gasteiger partial charge in [-0.05, 0) is 34.5 Å². The minimum absolute atomic E-state index is 0.129. The maximum atomic E-state index is 13.2. The molecule has 1 aromatic heterocycles. The van der Waals surface area contributed by atoms with E-state index in [1.54, 1.807) is 12.3 Å². The SMILES string of the molecule is CCCC(N)c1cn(-c2cc(F)ccc2Br)nn1. The fourth-order valence-electron chi connectivity index (χ4n) is 1.68. The van der Waals surface area contributed by atoms with Gasteiger partial charge in [-0.3, -0.25) is 0 Å². The van der Waals surface area contributed by atoms with Gasteiger partial charge < -0.3 is 5.73 Å². The van der Waals surface area contributed by atoms with E-state index in [1.165, 1.54) is 16.8 Å². The Morgan fingerprint density at radius 1 is 1.50 bits per heavy atom. The molecule has 1 aromatic carbocycles. The third-order valence-corrected chi connectivity index (χ3v) is 3.32. The number of nitrogens with two attached hydrogens (primary N) is 1. The summed E-state index contributed by atoms with van der Waals surface area (Å²) in [6.45, 7) is 2.06.